The number of thioether (sulfide) groups is 1. The molecular formula is C18H20BrNO2S2. The van der Waals surface area contributed by atoms with Gasteiger partial charge < -0.3 is 8.72 Å². The molecule has 1 aromatic carbocycles. The zero-order valence-electron chi connectivity index (χ0n) is 14.1. The van der Waals surface area contributed by atoms with E-state index in [4.69, 9.17) is 4.42 Å². The first-order valence-corrected chi connectivity index (χ1v) is 9.58. The van der Waals surface area contributed by atoms with Crippen LogP contribution in [-0.4, -0.2) is 13.3 Å². The Morgan fingerprint density at radius 3 is 2.71 bits per heavy atom. The fraction of sp³-hybridized carbons (Fsp3) is 0.278. The lowest BCUT2D eigenvalue weighted by Crippen LogP contribution is -2.01. The summed E-state index contributed by atoms with van der Waals surface area (Å²) < 4.78 is 8.60. The smallest absolute Gasteiger partial charge is 0.154 e. The van der Waals surface area contributed by atoms with Crippen molar-refractivity contribution in [2.24, 2.45) is 0 Å². The van der Waals surface area contributed by atoms with Crippen LogP contribution in [0.25, 0.3) is 15.9 Å². The Labute approximate surface area is 160 Å². The number of fused-ring (bicyclic) bond motifs is 1. The predicted molar refractivity (Wildman–Crippen MR) is 112 cm³/mol. The van der Waals surface area contributed by atoms with E-state index in [2.05, 4.69) is 48.7 Å². The molecule has 0 aliphatic heterocycles. The Kier molecular flexibility index (Phi) is 6.66. The van der Waals surface area contributed by atoms with Crippen molar-refractivity contribution in [2.45, 2.75) is 27.2 Å². The van der Waals surface area contributed by atoms with E-state index >= 15 is 0 Å². The molecule has 0 aliphatic rings. The second kappa shape index (κ2) is 8.32. The second-order valence-corrected chi connectivity index (χ2v) is 8.01. The lowest BCUT2D eigenvalue weighted by Gasteiger charge is -2.12. The summed E-state index contributed by atoms with van der Waals surface area (Å²) in [5.41, 5.74) is 2.12. The summed E-state index contributed by atoms with van der Waals surface area (Å²) >= 11 is 9.48. The first kappa shape index (κ1) is 19.2. The Balaban J connectivity index is 2.61. The molecule has 0 radical (unpaired) electrons. The predicted octanol–water partition coefficient (Wildman–Crippen LogP) is 6.70. The Morgan fingerprint density at radius 1 is 1.46 bits per heavy atom. The minimum Gasteiger partial charge on any atom is -0.455 e. The number of carbonyl (C=O) groups is 1. The highest BCUT2D eigenvalue weighted by Crippen LogP contribution is 2.41. The standard InChI is InChI=1S/C18H20BrNO2S2/c1-5-7-11(3)24-17(6-2)18-13(10-21)12-8-14(19)15(20(4)23)9-16(12)22-18/h6-10,23H,5H2,1-4H3/b11-7+,17-6-. The summed E-state index contributed by atoms with van der Waals surface area (Å²) in [5.74, 6) is 0.613. The van der Waals surface area contributed by atoms with Crippen LogP contribution >= 0.6 is 40.5 Å². The Bertz CT molecular complexity index is 822. The minimum atomic E-state index is 0.573. The molecule has 6 heteroatoms. The lowest BCUT2D eigenvalue weighted by atomic mass is 10.1. The zero-order chi connectivity index (χ0) is 17.9. The van der Waals surface area contributed by atoms with E-state index in [1.165, 1.54) is 4.91 Å². The van der Waals surface area contributed by atoms with Crippen LogP contribution in [0.1, 0.15) is 43.3 Å². The van der Waals surface area contributed by atoms with Gasteiger partial charge in [0.25, 0.3) is 0 Å². The molecule has 0 atom stereocenters. The van der Waals surface area contributed by atoms with Crippen molar-refractivity contribution in [3.63, 3.8) is 0 Å². The van der Waals surface area contributed by atoms with E-state index in [1.54, 1.807) is 16.1 Å². The van der Waals surface area contributed by atoms with Gasteiger partial charge in [-0.05, 0) is 47.2 Å². The van der Waals surface area contributed by atoms with Gasteiger partial charge in [0.1, 0.15) is 5.58 Å². The molecule has 0 N–H and O–H groups in total. The highest BCUT2D eigenvalue weighted by Gasteiger charge is 2.20. The molecule has 0 fully saturated rings. The van der Waals surface area contributed by atoms with Gasteiger partial charge in [-0.1, -0.05) is 43.7 Å². The monoisotopic (exact) mass is 425 g/mol. The van der Waals surface area contributed by atoms with Crippen molar-refractivity contribution in [1.29, 1.82) is 0 Å². The van der Waals surface area contributed by atoms with Crippen molar-refractivity contribution >= 4 is 68.4 Å². The molecule has 0 bridgehead atoms. The van der Waals surface area contributed by atoms with Crippen LogP contribution in [0.5, 0.6) is 0 Å². The van der Waals surface area contributed by atoms with Crippen LogP contribution in [-0.2, 0) is 0 Å². The van der Waals surface area contributed by atoms with E-state index in [0.717, 1.165) is 33.2 Å². The fourth-order valence-corrected chi connectivity index (χ4v) is 4.28. The summed E-state index contributed by atoms with van der Waals surface area (Å²) in [4.78, 5) is 13.8. The van der Waals surface area contributed by atoms with Crippen molar-refractivity contribution in [3.8, 4) is 0 Å². The fourth-order valence-electron chi connectivity index (χ4n) is 2.41. The maximum absolute atomic E-state index is 11.7. The topological polar surface area (TPSA) is 33.5 Å². The Hall–Kier alpha value is -1.11. The molecule has 0 aliphatic carbocycles. The van der Waals surface area contributed by atoms with Gasteiger partial charge in [-0.15, -0.1) is 0 Å². The van der Waals surface area contributed by atoms with Gasteiger partial charge >= 0.3 is 0 Å². The molecule has 2 aromatic rings. The van der Waals surface area contributed by atoms with E-state index in [9.17, 15) is 4.79 Å². The number of furan rings is 1. The number of benzene rings is 1. The number of nitrogens with zero attached hydrogens (tertiary/aromatic N) is 1. The molecule has 3 nitrogen and oxygen atoms in total. The third kappa shape index (κ3) is 3.92. The number of allylic oxidation sites excluding steroid dienone is 3. The third-order valence-corrected chi connectivity index (χ3v) is 5.49. The first-order chi connectivity index (χ1) is 11.4. The van der Waals surface area contributed by atoms with Crippen LogP contribution in [0.3, 0.4) is 0 Å². The van der Waals surface area contributed by atoms with Crippen LogP contribution < -0.4 is 4.31 Å². The summed E-state index contributed by atoms with van der Waals surface area (Å²) in [6.07, 6.45) is 5.97. The summed E-state index contributed by atoms with van der Waals surface area (Å²) in [6, 6.07) is 3.79. The quantitative estimate of drug-likeness (QED) is 0.412. The Morgan fingerprint density at radius 2 is 2.17 bits per heavy atom. The average Bonchev–Trinajstić information content (AvgIpc) is 2.89. The molecule has 1 heterocycles. The van der Waals surface area contributed by atoms with Crippen molar-refractivity contribution in [1.82, 2.24) is 0 Å². The van der Waals surface area contributed by atoms with E-state index in [-0.39, 0.29) is 0 Å². The maximum Gasteiger partial charge on any atom is 0.154 e. The number of aldehydes is 1. The van der Waals surface area contributed by atoms with Gasteiger partial charge in [0.2, 0.25) is 0 Å². The molecule has 0 amide bonds. The van der Waals surface area contributed by atoms with Gasteiger partial charge in [-0.25, -0.2) is 0 Å². The molecular weight excluding hydrogens is 406 g/mol. The third-order valence-electron chi connectivity index (χ3n) is 3.51. The molecule has 2 rings (SSSR count). The van der Waals surface area contributed by atoms with Crippen molar-refractivity contribution < 1.29 is 9.21 Å². The molecule has 128 valence electrons. The number of thiol groups is 1. The van der Waals surface area contributed by atoms with E-state index in [0.29, 0.717) is 16.9 Å². The number of hydrogen-bond acceptors (Lipinski definition) is 5. The number of rotatable bonds is 6. The summed E-state index contributed by atoms with van der Waals surface area (Å²) in [5, 5.41) is 0.794. The normalized spacial score (nSPS) is 12.8. The van der Waals surface area contributed by atoms with Gasteiger partial charge in [-0.3, -0.25) is 4.79 Å². The lowest BCUT2D eigenvalue weighted by molar-refractivity contribution is 0.112. The van der Waals surface area contributed by atoms with Crippen LogP contribution in [0, 0.1) is 0 Å². The van der Waals surface area contributed by atoms with Gasteiger partial charge in [0, 0.05) is 23.0 Å². The van der Waals surface area contributed by atoms with Crippen LogP contribution in [0.2, 0.25) is 0 Å². The van der Waals surface area contributed by atoms with E-state index < -0.39 is 0 Å². The molecule has 24 heavy (non-hydrogen) atoms. The summed E-state index contributed by atoms with van der Waals surface area (Å²) in [7, 11) is 1.84. The highest BCUT2D eigenvalue weighted by molar-refractivity contribution is 9.10. The zero-order valence-corrected chi connectivity index (χ0v) is 17.4. The highest BCUT2D eigenvalue weighted by atomic mass is 79.9. The van der Waals surface area contributed by atoms with E-state index in [1.807, 2.05) is 32.2 Å². The SMILES string of the molecule is C/C=C(\S/C(C)=C/CC)c1oc2cc(N(C)S)c(Br)cc2c1C=O. The van der Waals surface area contributed by atoms with Crippen molar-refractivity contribution in [2.75, 3.05) is 11.4 Å². The van der Waals surface area contributed by atoms with Gasteiger partial charge in [0.05, 0.1) is 16.2 Å². The largest absolute Gasteiger partial charge is 0.455 e. The number of anilines is 1. The van der Waals surface area contributed by atoms with Gasteiger partial charge in [-0.2, -0.15) is 0 Å². The van der Waals surface area contributed by atoms with Gasteiger partial charge in [0.15, 0.2) is 12.0 Å². The molecule has 0 saturated heterocycles. The number of carbonyl (C=O) groups excluding carboxylic acids is 1. The molecule has 1 aromatic heterocycles. The number of halogens is 1. The molecule has 0 spiro atoms. The molecule has 0 saturated carbocycles. The van der Waals surface area contributed by atoms with Crippen LogP contribution in [0.15, 0.2) is 38.1 Å². The van der Waals surface area contributed by atoms with Crippen molar-refractivity contribution in [3.05, 3.63) is 45.0 Å². The molecule has 0 unspecified atom stereocenters. The average molecular weight is 426 g/mol. The first-order valence-electron chi connectivity index (χ1n) is 7.58. The minimum absolute atomic E-state index is 0.573. The maximum atomic E-state index is 11.7. The summed E-state index contributed by atoms with van der Waals surface area (Å²) in [6.45, 7) is 6.11. The van der Waals surface area contributed by atoms with Crippen LogP contribution in [0.4, 0.5) is 5.69 Å². The second-order valence-electron chi connectivity index (χ2n) is 5.26. The number of hydrogen-bond donors (Lipinski definition) is 1.